The third-order valence-electron chi connectivity index (χ3n) is 4.34. The number of nitrogens with zero attached hydrogens (tertiary/aromatic N) is 3. The van der Waals surface area contributed by atoms with Crippen LogP contribution in [-0.2, 0) is 16.2 Å². The first-order valence-corrected chi connectivity index (χ1v) is 9.89. The number of alkyl halides is 6. The van der Waals surface area contributed by atoms with Crippen LogP contribution in [0.5, 0.6) is 0 Å². The number of hydrogen-bond donors (Lipinski definition) is 0. The smallest absolute Gasteiger partial charge is 0.289 e. The fourth-order valence-corrected chi connectivity index (χ4v) is 4.36. The predicted molar refractivity (Wildman–Crippen MR) is 95.4 cm³/mol. The Bertz CT molecular complexity index is 1170. The van der Waals surface area contributed by atoms with Gasteiger partial charge in [0.1, 0.15) is 16.8 Å². The van der Waals surface area contributed by atoms with E-state index in [9.17, 15) is 34.8 Å². The molecular weight excluding hydrogens is 460 g/mol. The van der Waals surface area contributed by atoms with E-state index in [2.05, 4.69) is 4.98 Å². The molecule has 13 heteroatoms. The third kappa shape index (κ3) is 4.12. The molecule has 30 heavy (non-hydrogen) atoms. The van der Waals surface area contributed by atoms with Crippen molar-refractivity contribution >= 4 is 27.3 Å². The van der Waals surface area contributed by atoms with Gasteiger partial charge >= 0.3 is 12.4 Å². The SMILES string of the molecule is CN(C(c1ccc(C(F)(F)F)cc1)C(F)(F)F)S(=O)(=O)c1ccc2ncc(Cl)n2c1. The van der Waals surface area contributed by atoms with E-state index < -0.39 is 44.4 Å². The van der Waals surface area contributed by atoms with Crippen LogP contribution in [0.1, 0.15) is 17.2 Å². The van der Waals surface area contributed by atoms with Crippen molar-refractivity contribution in [1.29, 1.82) is 0 Å². The molecule has 3 aromatic rings. The summed E-state index contributed by atoms with van der Waals surface area (Å²) in [5.74, 6) is 0. The molecule has 0 fully saturated rings. The highest BCUT2D eigenvalue weighted by Crippen LogP contribution is 2.40. The zero-order valence-corrected chi connectivity index (χ0v) is 16.5. The maximum atomic E-state index is 13.7. The fourth-order valence-electron chi connectivity index (χ4n) is 2.85. The lowest BCUT2D eigenvalue weighted by Gasteiger charge is -2.29. The number of benzene rings is 1. The second kappa shape index (κ2) is 7.43. The van der Waals surface area contributed by atoms with Gasteiger partial charge in [-0.3, -0.25) is 4.40 Å². The first kappa shape index (κ1) is 22.4. The van der Waals surface area contributed by atoms with Crippen molar-refractivity contribution in [2.45, 2.75) is 23.3 Å². The van der Waals surface area contributed by atoms with Crippen molar-refractivity contribution in [3.05, 3.63) is 65.1 Å². The molecule has 0 bridgehead atoms. The van der Waals surface area contributed by atoms with E-state index in [-0.39, 0.29) is 15.1 Å². The molecule has 2 heterocycles. The summed E-state index contributed by atoms with van der Waals surface area (Å²) >= 11 is 5.88. The average molecular weight is 472 g/mol. The zero-order chi connectivity index (χ0) is 22.5. The summed E-state index contributed by atoms with van der Waals surface area (Å²) in [6.07, 6.45) is -7.60. The molecule has 1 unspecified atom stereocenters. The number of pyridine rings is 1. The minimum absolute atomic E-state index is 0.0415. The maximum Gasteiger partial charge on any atom is 0.416 e. The molecule has 0 radical (unpaired) electrons. The lowest BCUT2D eigenvalue weighted by Crippen LogP contribution is -2.39. The van der Waals surface area contributed by atoms with E-state index in [0.29, 0.717) is 31.3 Å². The summed E-state index contributed by atoms with van der Waals surface area (Å²) in [5, 5.41) is 0.0415. The van der Waals surface area contributed by atoms with Crippen molar-refractivity contribution in [3.63, 3.8) is 0 Å². The highest BCUT2D eigenvalue weighted by atomic mass is 35.5. The molecule has 0 aliphatic heterocycles. The second-order valence-electron chi connectivity index (χ2n) is 6.26. The lowest BCUT2D eigenvalue weighted by molar-refractivity contribution is -0.171. The molecule has 0 saturated carbocycles. The van der Waals surface area contributed by atoms with Crippen molar-refractivity contribution in [2.75, 3.05) is 7.05 Å². The highest BCUT2D eigenvalue weighted by Gasteiger charge is 2.48. The predicted octanol–water partition coefficient (Wildman–Crippen LogP) is 4.93. The van der Waals surface area contributed by atoms with Gasteiger partial charge in [0.2, 0.25) is 10.0 Å². The molecular formula is C17H12ClF6N3O2S. The van der Waals surface area contributed by atoms with Crippen LogP contribution in [0.25, 0.3) is 5.65 Å². The number of fused-ring (bicyclic) bond motifs is 1. The van der Waals surface area contributed by atoms with Crippen LogP contribution in [0.2, 0.25) is 5.15 Å². The Labute approximate surface area is 171 Å². The topological polar surface area (TPSA) is 54.7 Å². The van der Waals surface area contributed by atoms with Crippen LogP contribution in [0.4, 0.5) is 26.3 Å². The van der Waals surface area contributed by atoms with E-state index in [1.165, 1.54) is 16.7 Å². The van der Waals surface area contributed by atoms with Crippen LogP contribution in [0.15, 0.2) is 53.7 Å². The number of hydrogen-bond acceptors (Lipinski definition) is 3. The van der Waals surface area contributed by atoms with Gasteiger partial charge < -0.3 is 0 Å². The molecule has 0 saturated heterocycles. The summed E-state index contributed by atoms with van der Waals surface area (Å²) in [6.45, 7) is 0. The van der Waals surface area contributed by atoms with E-state index in [0.717, 1.165) is 12.3 Å². The van der Waals surface area contributed by atoms with Crippen LogP contribution in [-0.4, -0.2) is 35.3 Å². The maximum absolute atomic E-state index is 13.7. The van der Waals surface area contributed by atoms with E-state index in [4.69, 9.17) is 11.6 Å². The van der Waals surface area contributed by atoms with Gasteiger partial charge in [-0.15, -0.1) is 0 Å². The van der Waals surface area contributed by atoms with Crippen molar-refractivity contribution in [2.24, 2.45) is 0 Å². The number of rotatable bonds is 4. The van der Waals surface area contributed by atoms with Crippen LogP contribution < -0.4 is 0 Å². The van der Waals surface area contributed by atoms with Gasteiger partial charge in [0.25, 0.3) is 0 Å². The third-order valence-corrected chi connectivity index (χ3v) is 6.42. The van der Waals surface area contributed by atoms with Crippen molar-refractivity contribution in [1.82, 2.24) is 13.7 Å². The summed E-state index contributed by atoms with van der Waals surface area (Å²) in [5.41, 5.74) is -1.54. The molecule has 2 aromatic heterocycles. The van der Waals surface area contributed by atoms with E-state index in [1.807, 2.05) is 0 Å². The molecule has 0 aliphatic carbocycles. The Morgan fingerprint density at radius 3 is 2.17 bits per heavy atom. The summed E-state index contributed by atoms with van der Waals surface area (Å²) in [6, 6.07) is 1.74. The molecule has 0 N–H and O–H groups in total. The quantitative estimate of drug-likeness (QED) is 0.507. The highest BCUT2D eigenvalue weighted by molar-refractivity contribution is 7.89. The van der Waals surface area contributed by atoms with Gasteiger partial charge in [0.15, 0.2) is 0 Å². The number of aromatic nitrogens is 2. The van der Waals surface area contributed by atoms with Gasteiger partial charge in [-0.25, -0.2) is 13.4 Å². The first-order valence-electron chi connectivity index (χ1n) is 8.07. The Balaban J connectivity index is 2.06. The van der Waals surface area contributed by atoms with E-state index in [1.54, 1.807) is 0 Å². The summed E-state index contributed by atoms with van der Waals surface area (Å²) < 4.78 is 106. The summed E-state index contributed by atoms with van der Waals surface area (Å²) in [4.78, 5) is 3.39. The Morgan fingerprint density at radius 1 is 1.03 bits per heavy atom. The second-order valence-corrected chi connectivity index (χ2v) is 8.64. The van der Waals surface area contributed by atoms with Gasteiger partial charge in [0.05, 0.1) is 16.7 Å². The monoisotopic (exact) mass is 471 g/mol. The first-order chi connectivity index (χ1) is 13.7. The Kier molecular flexibility index (Phi) is 5.54. The molecule has 1 atom stereocenters. The fraction of sp³-hybridized carbons (Fsp3) is 0.235. The van der Waals surface area contributed by atoms with E-state index >= 15 is 0 Å². The normalized spacial score (nSPS) is 14.4. The molecule has 0 spiro atoms. The molecule has 3 rings (SSSR count). The van der Waals surface area contributed by atoms with Crippen LogP contribution >= 0.6 is 11.6 Å². The molecule has 5 nitrogen and oxygen atoms in total. The van der Waals surface area contributed by atoms with Crippen molar-refractivity contribution < 1.29 is 34.8 Å². The summed E-state index contributed by atoms with van der Waals surface area (Å²) in [7, 11) is -4.01. The average Bonchev–Trinajstić information content (AvgIpc) is 3.01. The Morgan fingerprint density at radius 2 is 1.63 bits per heavy atom. The van der Waals surface area contributed by atoms with Crippen molar-refractivity contribution in [3.8, 4) is 0 Å². The minimum Gasteiger partial charge on any atom is -0.289 e. The molecule has 162 valence electrons. The van der Waals surface area contributed by atoms with Gasteiger partial charge in [-0.2, -0.15) is 30.6 Å². The van der Waals surface area contributed by atoms with Gasteiger partial charge in [-0.1, -0.05) is 23.7 Å². The largest absolute Gasteiger partial charge is 0.416 e. The zero-order valence-electron chi connectivity index (χ0n) is 14.9. The van der Waals surface area contributed by atoms with Crippen LogP contribution in [0.3, 0.4) is 0 Å². The molecule has 1 aromatic carbocycles. The number of halogens is 7. The standard InChI is InChI=1S/C17H12ClF6N3O2S/c1-26(30(28,29)12-6-7-14-25-8-13(18)27(14)9-12)15(17(22,23)24)10-2-4-11(5-3-10)16(19,20)21/h2-9,15H,1H3. The molecule has 0 aliphatic rings. The van der Waals surface area contributed by atoms with Crippen LogP contribution in [0, 0.1) is 0 Å². The van der Waals surface area contributed by atoms with Gasteiger partial charge in [0, 0.05) is 13.2 Å². The molecule has 0 amide bonds. The number of imidazole rings is 1. The lowest BCUT2D eigenvalue weighted by atomic mass is 10.0. The van der Waals surface area contributed by atoms with Gasteiger partial charge in [-0.05, 0) is 29.8 Å². The number of sulfonamides is 1. The Hall–Kier alpha value is -2.31. The minimum atomic E-state index is -5.10.